The van der Waals surface area contributed by atoms with E-state index in [0.717, 1.165) is 12.0 Å². The molecule has 1 aliphatic heterocycles. The van der Waals surface area contributed by atoms with Crippen LogP contribution >= 0.6 is 0 Å². The molecule has 1 saturated heterocycles. The fraction of sp³-hybridized carbons (Fsp3) is 0.565. The number of rotatable bonds is 8. The van der Waals surface area contributed by atoms with E-state index in [9.17, 15) is 19.2 Å². The normalized spacial score (nSPS) is 22.3. The number of carbonyl (C=O) groups excluding carboxylic acids is 4. The second kappa shape index (κ2) is 13.0. The highest BCUT2D eigenvalue weighted by Gasteiger charge is 2.33. The number of nitrogens with zero attached hydrogens (tertiary/aromatic N) is 1. The second-order valence-corrected chi connectivity index (χ2v) is 7.89. The van der Waals surface area contributed by atoms with Crippen LogP contribution in [-0.2, 0) is 41.5 Å². The number of nitrogens with two attached hydrogens (primary N) is 2. The van der Waals surface area contributed by atoms with E-state index in [1.54, 1.807) is 0 Å². The van der Waals surface area contributed by atoms with E-state index in [0.29, 0.717) is 45.2 Å². The van der Waals surface area contributed by atoms with E-state index in [1.807, 2.05) is 18.2 Å². The molecule has 0 spiro atoms. The Morgan fingerprint density at radius 3 is 2.41 bits per heavy atom. The Morgan fingerprint density at radius 1 is 1.12 bits per heavy atom. The molecule has 9 nitrogen and oxygen atoms in total. The number of fused-ring (bicyclic) bond motifs is 1. The van der Waals surface area contributed by atoms with E-state index in [-0.39, 0.29) is 48.7 Å². The highest BCUT2D eigenvalue weighted by atomic mass is 16.5. The summed E-state index contributed by atoms with van der Waals surface area (Å²) in [4.78, 5) is 46.5. The molecule has 0 radical (unpaired) electrons. The molecule has 2 aliphatic rings. The number of hydrogen-bond donors (Lipinski definition) is 2. The number of methoxy groups -OCH3 is 1. The van der Waals surface area contributed by atoms with Crippen LogP contribution in [0.4, 0.5) is 0 Å². The maximum atomic E-state index is 12.1. The molecule has 0 bridgehead atoms. The molecular weight excluding hydrogens is 414 g/mol. The van der Waals surface area contributed by atoms with Crippen molar-refractivity contribution in [3.63, 3.8) is 0 Å². The van der Waals surface area contributed by atoms with E-state index in [4.69, 9.17) is 20.9 Å². The average molecular weight is 448 g/mol. The first-order valence-corrected chi connectivity index (χ1v) is 10.9. The predicted octanol–water partition coefficient (Wildman–Crippen LogP) is 0.360. The van der Waals surface area contributed by atoms with Gasteiger partial charge in [0.15, 0.2) is 0 Å². The van der Waals surface area contributed by atoms with Crippen LogP contribution in [-0.4, -0.2) is 67.9 Å². The van der Waals surface area contributed by atoms with Crippen LogP contribution in [0.3, 0.4) is 0 Å². The van der Waals surface area contributed by atoms with Crippen molar-refractivity contribution in [1.82, 2.24) is 4.90 Å². The third kappa shape index (κ3) is 6.94. The molecule has 1 heterocycles. The molecule has 1 aromatic carbocycles. The molecule has 3 atom stereocenters. The number of ether oxygens (including phenoxy) is 2. The molecule has 2 amide bonds. The van der Waals surface area contributed by atoms with Gasteiger partial charge >= 0.3 is 0 Å². The number of aryl methyl sites for hydroxylation is 1. The first-order valence-electron chi connectivity index (χ1n) is 10.9. The van der Waals surface area contributed by atoms with Crippen molar-refractivity contribution in [3.8, 4) is 0 Å². The van der Waals surface area contributed by atoms with Crippen LogP contribution in [0.2, 0.25) is 0 Å². The van der Waals surface area contributed by atoms with Crippen molar-refractivity contribution in [2.75, 3.05) is 26.7 Å². The molecule has 3 unspecified atom stereocenters. The van der Waals surface area contributed by atoms with Gasteiger partial charge in [-0.15, -0.1) is 0 Å². The number of likely N-dealkylation sites (tertiary alicyclic amines) is 1. The lowest BCUT2D eigenvalue weighted by Crippen LogP contribution is -2.34. The van der Waals surface area contributed by atoms with Crippen LogP contribution in [0, 0.1) is 5.92 Å². The summed E-state index contributed by atoms with van der Waals surface area (Å²) in [5.74, 6) is -0.499. The lowest BCUT2D eigenvalue weighted by Gasteiger charge is -2.22. The van der Waals surface area contributed by atoms with E-state index in [1.165, 1.54) is 17.6 Å². The Kier molecular flexibility index (Phi) is 10.5. The van der Waals surface area contributed by atoms with Gasteiger partial charge < -0.3 is 20.9 Å². The molecule has 4 N–H and O–H groups in total. The SMILES string of the molecule is COC1CC(=O)N(C(=O)CCN)C1.NCCC(=O)C1CCc2ccccc2CC1OC=O. The van der Waals surface area contributed by atoms with Crippen molar-refractivity contribution in [1.29, 1.82) is 0 Å². The fourth-order valence-electron chi connectivity index (χ4n) is 4.10. The van der Waals surface area contributed by atoms with Gasteiger partial charge in [-0.3, -0.25) is 24.1 Å². The summed E-state index contributed by atoms with van der Waals surface area (Å²) in [5, 5.41) is 0. The van der Waals surface area contributed by atoms with Gasteiger partial charge in [-0.25, -0.2) is 0 Å². The zero-order chi connectivity index (χ0) is 23.5. The first kappa shape index (κ1) is 25.6. The van der Waals surface area contributed by atoms with E-state index in [2.05, 4.69) is 6.07 Å². The molecule has 1 aliphatic carbocycles. The van der Waals surface area contributed by atoms with Crippen molar-refractivity contribution in [2.24, 2.45) is 17.4 Å². The van der Waals surface area contributed by atoms with Crippen LogP contribution in [0.25, 0.3) is 0 Å². The van der Waals surface area contributed by atoms with Crippen LogP contribution in [0.15, 0.2) is 24.3 Å². The molecule has 1 fully saturated rings. The van der Waals surface area contributed by atoms with Gasteiger partial charge in [0.1, 0.15) is 11.9 Å². The monoisotopic (exact) mass is 447 g/mol. The number of imide groups is 1. The molecular formula is C23H33N3O6. The van der Waals surface area contributed by atoms with Gasteiger partial charge in [0.2, 0.25) is 11.8 Å². The van der Waals surface area contributed by atoms with Gasteiger partial charge in [0.05, 0.1) is 25.0 Å². The number of ketones is 1. The minimum absolute atomic E-state index is 0.0992. The fourth-order valence-corrected chi connectivity index (χ4v) is 4.10. The van der Waals surface area contributed by atoms with Crippen molar-refractivity contribution in [2.45, 2.75) is 50.7 Å². The predicted molar refractivity (Wildman–Crippen MR) is 117 cm³/mol. The Morgan fingerprint density at radius 2 is 1.81 bits per heavy atom. The number of carbonyl (C=O) groups is 4. The Bertz CT molecular complexity index is 800. The van der Waals surface area contributed by atoms with Crippen molar-refractivity contribution in [3.05, 3.63) is 35.4 Å². The second-order valence-electron chi connectivity index (χ2n) is 7.89. The minimum atomic E-state index is -0.361. The summed E-state index contributed by atoms with van der Waals surface area (Å²) in [6, 6.07) is 8.07. The summed E-state index contributed by atoms with van der Waals surface area (Å²) < 4.78 is 10.2. The number of hydrogen-bond acceptors (Lipinski definition) is 8. The zero-order valence-electron chi connectivity index (χ0n) is 18.5. The van der Waals surface area contributed by atoms with E-state index >= 15 is 0 Å². The Balaban J connectivity index is 0.000000244. The van der Waals surface area contributed by atoms with Crippen molar-refractivity contribution >= 4 is 24.1 Å². The lowest BCUT2D eigenvalue weighted by atomic mass is 9.90. The van der Waals surface area contributed by atoms with Gasteiger partial charge in [-0.2, -0.15) is 0 Å². The van der Waals surface area contributed by atoms with Gasteiger partial charge in [0.25, 0.3) is 6.47 Å². The van der Waals surface area contributed by atoms with Crippen molar-refractivity contribution < 1.29 is 28.7 Å². The number of benzene rings is 1. The smallest absolute Gasteiger partial charge is 0.293 e. The lowest BCUT2D eigenvalue weighted by molar-refractivity contribution is -0.142. The largest absolute Gasteiger partial charge is 0.463 e. The highest BCUT2D eigenvalue weighted by molar-refractivity contribution is 5.97. The summed E-state index contributed by atoms with van der Waals surface area (Å²) >= 11 is 0. The minimum Gasteiger partial charge on any atom is -0.463 e. The Labute approximate surface area is 188 Å². The standard InChI is InChI=1S/C15H19NO3.C8H14N2O3/c16-8-7-14(18)13-6-5-11-3-1-2-4-12(11)9-15(13)19-10-17;1-13-6-4-8(12)10(5-6)7(11)2-3-9/h1-4,10,13,15H,5-9,16H2;6H,2-5,9H2,1H3. The zero-order valence-corrected chi connectivity index (χ0v) is 18.5. The van der Waals surface area contributed by atoms with Gasteiger partial charge in [-0.1, -0.05) is 24.3 Å². The van der Waals surface area contributed by atoms with Gasteiger partial charge in [0, 0.05) is 32.9 Å². The molecule has 0 aromatic heterocycles. The molecule has 3 rings (SSSR count). The molecule has 9 heteroatoms. The summed E-state index contributed by atoms with van der Waals surface area (Å²) in [6.07, 6.45) is 2.53. The third-order valence-corrected chi connectivity index (χ3v) is 5.83. The summed E-state index contributed by atoms with van der Waals surface area (Å²) in [7, 11) is 1.54. The van der Waals surface area contributed by atoms with Crippen LogP contribution in [0.1, 0.15) is 36.8 Å². The first-order chi connectivity index (χ1) is 15.4. The molecule has 1 aromatic rings. The summed E-state index contributed by atoms with van der Waals surface area (Å²) in [6.45, 7) is 1.44. The van der Waals surface area contributed by atoms with E-state index < -0.39 is 0 Å². The van der Waals surface area contributed by atoms with Crippen LogP contribution in [0.5, 0.6) is 0 Å². The number of Topliss-reactive ketones (excluding diaryl/α,β-unsaturated/α-hetero) is 1. The Hall–Kier alpha value is -2.62. The molecule has 32 heavy (non-hydrogen) atoms. The quantitative estimate of drug-likeness (QED) is 0.430. The maximum absolute atomic E-state index is 12.1. The maximum Gasteiger partial charge on any atom is 0.293 e. The number of amides is 2. The van der Waals surface area contributed by atoms with Gasteiger partial charge in [-0.05, 0) is 30.5 Å². The average Bonchev–Trinajstić information content (AvgIpc) is 3.06. The topological polar surface area (TPSA) is 142 Å². The molecule has 176 valence electrons. The highest BCUT2D eigenvalue weighted by Crippen LogP contribution is 2.27. The van der Waals surface area contributed by atoms with Crippen LogP contribution < -0.4 is 11.5 Å². The third-order valence-electron chi connectivity index (χ3n) is 5.83. The summed E-state index contributed by atoms with van der Waals surface area (Å²) in [5.41, 5.74) is 13.1. The molecule has 0 saturated carbocycles.